The van der Waals surface area contributed by atoms with Gasteiger partial charge in [0.15, 0.2) is 5.82 Å². The standard InChI is InChI=1S/C21H22ClN7OS/c1-4-13(2)28(3)19-15(11-24-21-18(19)25-12-31-21)9-16(30)7-14-8-17(22)20(23-10-14)29-26-5-6-27-29/h5-6,8,10-13H,4,7,9H2,1-3H3. The van der Waals surface area contributed by atoms with Gasteiger partial charge in [-0.3, -0.25) is 4.79 Å². The minimum Gasteiger partial charge on any atom is -0.370 e. The van der Waals surface area contributed by atoms with Crippen molar-refractivity contribution in [2.75, 3.05) is 11.9 Å². The lowest BCUT2D eigenvalue weighted by atomic mass is 10.0. The predicted octanol–water partition coefficient (Wildman–Crippen LogP) is 3.91. The van der Waals surface area contributed by atoms with Gasteiger partial charge in [-0.15, -0.1) is 16.1 Å². The van der Waals surface area contributed by atoms with Gasteiger partial charge in [-0.25, -0.2) is 15.0 Å². The van der Waals surface area contributed by atoms with Crippen LogP contribution in [0.3, 0.4) is 0 Å². The largest absolute Gasteiger partial charge is 0.370 e. The summed E-state index contributed by atoms with van der Waals surface area (Å²) < 4.78 is 0. The number of hydrogen-bond acceptors (Lipinski definition) is 8. The number of aromatic nitrogens is 6. The number of thiazole rings is 1. The van der Waals surface area contributed by atoms with Gasteiger partial charge in [-0.05, 0) is 25.0 Å². The fourth-order valence-electron chi connectivity index (χ4n) is 3.40. The Labute approximate surface area is 188 Å². The summed E-state index contributed by atoms with van der Waals surface area (Å²) >= 11 is 7.84. The normalized spacial score (nSPS) is 12.3. The van der Waals surface area contributed by atoms with Crippen LogP contribution in [0.15, 0.2) is 36.4 Å². The van der Waals surface area contributed by atoms with Crippen LogP contribution in [0.4, 0.5) is 5.69 Å². The van der Waals surface area contributed by atoms with E-state index in [1.807, 2.05) is 7.05 Å². The molecule has 0 saturated carbocycles. The molecule has 4 aromatic heterocycles. The second-order valence-corrected chi connectivity index (χ2v) is 8.61. The Bertz CT molecular complexity index is 1210. The van der Waals surface area contributed by atoms with Crippen molar-refractivity contribution in [3.63, 3.8) is 0 Å². The number of pyridine rings is 2. The molecule has 1 unspecified atom stereocenters. The molecule has 0 bridgehead atoms. The van der Waals surface area contributed by atoms with Gasteiger partial charge in [-0.1, -0.05) is 18.5 Å². The molecule has 0 aromatic carbocycles. The number of halogens is 1. The zero-order valence-electron chi connectivity index (χ0n) is 17.5. The van der Waals surface area contributed by atoms with E-state index < -0.39 is 0 Å². The topological polar surface area (TPSA) is 89.7 Å². The second-order valence-electron chi connectivity index (χ2n) is 7.37. The first-order chi connectivity index (χ1) is 15.0. The van der Waals surface area contributed by atoms with E-state index in [-0.39, 0.29) is 18.6 Å². The van der Waals surface area contributed by atoms with Crippen LogP contribution in [-0.4, -0.2) is 48.8 Å². The zero-order chi connectivity index (χ0) is 22.0. The fraction of sp³-hybridized carbons (Fsp3) is 0.333. The third-order valence-electron chi connectivity index (χ3n) is 5.30. The van der Waals surface area contributed by atoms with Gasteiger partial charge in [-0.2, -0.15) is 10.2 Å². The minimum atomic E-state index is 0.0537. The average molecular weight is 456 g/mol. The molecule has 4 heterocycles. The van der Waals surface area contributed by atoms with E-state index in [2.05, 4.69) is 43.9 Å². The van der Waals surface area contributed by atoms with Crippen molar-refractivity contribution in [1.29, 1.82) is 0 Å². The predicted molar refractivity (Wildman–Crippen MR) is 122 cm³/mol. The smallest absolute Gasteiger partial charge is 0.193 e. The van der Waals surface area contributed by atoms with Crippen molar-refractivity contribution in [2.24, 2.45) is 0 Å². The average Bonchev–Trinajstić information content (AvgIpc) is 3.44. The molecular formula is C21H22ClN7OS. The lowest BCUT2D eigenvalue weighted by Crippen LogP contribution is -2.29. The Kier molecular flexibility index (Phi) is 6.24. The number of rotatable bonds is 8. The summed E-state index contributed by atoms with van der Waals surface area (Å²) in [7, 11) is 2.04. The first kappa shape index (κ1) is 21.3. The minimum absolute atomic E-state index is 0.0537. The van der Waals surface area contributed by atoms with E-state index in [9.17, 15) is 4.79 Å². The fourth-order valence-corrected chi connectivity index (χ4v) is 4.30. The summed E-state index contributed by atoms with van der Waals surface area (Å²) in [5.74, 6) is 0.483. The number of anilines is 1. The van der Waals surface area contributed by atoms with Crippen molar-refractivity contribution in [1.82, 2.24) is 29.9 Å². The van der Waals surface area contributed by atoms with E-state index >= 15 is 0 Å². The molecule has 0 N–H and O–H groups in total. The van der Waals surface area contributed by atoms with Crippen LogP contribution in [0, 0.1) is 0 Å². The maximum atomic E-state index is 12.9. The van der Waals surface area contributed by atoms with Gasteiger partial charge in [0.25, 0.3) is 0 Å². The van der Waals surface area contributed by atoms with E-state index in [1.54, 1.807) is 36.4 Å². The third kappa shape index (κ3) is 4.42. The lowest BCUT2D eigenvalue weighted by molar-refractivity contribution is -0.117. The van der Waals surface area contributed by atoms with Crippen molar-refractivity contribution in [3.05, 3.63) is 52.5 Å². The van der Waals surface area contributed by atoms with E-state index in [0.717, 1.165) is 33.6 Å². The Hall–Kier alpha value is -2.91. The maximum Gasteiger partial charge on any atom is 0.193 e. The first-order valence-corrected chi connectivity index (χ1v) is 11.2. The van der Waals surface area contributed by atoms with E-state index in [0.29, 0.717) is 16.9 Å². The van der Waals surface area contributed by atoms with Crippen molar-refractivity contribution < 1.29 is 4.79 Å². The molecule has 0 saturated heterocycles. The van der Waals surface area contributed by atoms with Gasteiger partial charge in [0, 0.05) is 43.9 Å². The molecule has 8 nitrogen and oxygen atoms in total. The van der Waals surface area contributed by atoms with Crippen LogP contribution >= 0.6 is 22.9 Å². The van der Waals surface area contributed by atoms with Gasteiger partial charge in [0.05, 0.1) is 28.6 Å². The van der Waals surface area contributed by atoms with Crippen LogP contribution in [0.1, 0.15) is 31.4 Å². The van der Waals surface area contributed by atoms with Gasteiger partial charge < -0.3 is 4.90 Å². The molecule has 0 aliphatic rings. The molecule has 0 aliphatic heterocycles. The molecule has 31 heavy (non-hydrogen) atoms. The van der Waals surface area contributed by atoms with Crippen LogP contribution in [0.2, 0.25) is 5.02 Å². The number of nitrogens with zero attached hydrogens (tertiary/aromatic N) is 7. The number of carbonyl (C=O) groups is 1. The third-order valence-corrected chi connectivity index (χ3v) is 6.31. The number of Topliss-reactive ketones (excluding diaryl/α,β-unsaturated/α-hetero) is 1. The summed E-state index contributed by atoms with van der Waals surface area (Å²) in [4.78, 5) is 30.7. The van der Waals surface area contributed by atoms with Gasteiger partial charge in [0.1, 0.15) is 16.1 Å². The summed E-state index contributed by atoms with van der Waals surface area (Å²) in [5.41, 5.74) is 5.23. The number of carbonyl (C=O) groups excluding carboxylic acids is 1. The zero-order valence-corrected chi connectivity index (χ0v) is 19.1. The molecule has 10 heteroatoms. The summed E-state index contributed by atoms with van der Waals surface area (Å²) in [6.45, 7) is 4.30. The number of hydrogen-bond donors (Lipinski definition) is 0. The van der Waals surface area contributed by atoms with E-state index in [1.165, 1.54) is 16.1 Å². The Morgan fingerprint density at radius 1 is 1.19 bits per heavy atom. The van der Waals surface area contributed by atoms with Crippen LogP contribution < -0.4 is 4.90 Å². The summed E-state index contributed by atoms with van der Waals surface area (Å²) in [5, 5.41) is 8.47. The monoisotopic (exact) mass is 455 g/mol. The molecular weight excluding hydrogens is 434 g/mol. The molecule has 160 valence electrons. The van der Waals surface area contributed by atoms with Crippen LogP contribution in [0.5, 0.6) is 0 Å². The van der Waals surface area contributed by atoms with Crippen LogP contribution in [0.25, 0.3) is 16.2 Å². The second kappa shape index (κ2) is 9.07. The molecule has 1 atom stereocenters. The summed E-state index contributed by atoms with van der Waals surface area (Å²) in [6.07, 6.45) is 8.01. The SMILES string of the molecule is CCC(C)N(C)c1c(CC(=O)Cc2cnc(-n3nccn3)c(Cl)c2)cnc2scnc12. The Morgan fingerprint density at radius 3 is 2.68 bits per heavy atom. The highest BCUT2D eigenvalue weighted by Gasteiger charge is 2.20. The molecule has 0 aliphatic carbocycles. The highest BCUT2D eigenvalue weighted by molar-refractivity contribution is 7.16. The van der Waals surface area contributed by atoms with Crippen molar-refractivity contribution in [3.8, 4) is 5.82 Å². The van der Waals surface area contributed by atoms with Crippen molar-refractivity contribution in [2.45, 2.75) is 39.2 Å². The Balaban J connectivity index is 1.57. The molecule has 0 radical (unpaired) electrons. The molecule has 0 spiro atoms. The molecule has 0 fully saturated rings. The highest BCUT2D eigenvalue weighted by atomic mass is 35.5. The lowest BCUT2D eigenvalue weighted by Gasteiger charge is -2.28. The van der Waals surface area contributed by atoms with Gasteiger partial charge >= 0.3 is 0 Å². The van der Waals surface area contributed by atoms with Crippen molar-refractivity contribution >= 4 is 44.8 Å². The quantitative estimate of drug-likeness (QED) is 0.398. The van der Waals surface area contributed by atoms with E-state index in [4.69, 9.17) is 11.6 Å². The summed E-state index contributed by atoms with van der Waals surface area (Å²) in [6, 6.07) is 2.05. The maximum absolute atomic E-state index is 12.9. The van der Waals surface area contributed by atoms with Gasteiger partial charge in [0.2, 0.25) is 0 Å². The first-order valence-electron chi connectivity index (χ1n) is 9.94. The number of fused-ring (bicyclic) bond motifs is 1. The van der Waals surface area contributed by atoms with Crippen LogP contribution in [-0.2, 0) is 17.6 Å². The molecule has 0 amide bonds. The Morgan fingerprint density at radius 2 is 1.97 bits per heavy atom. The highest BCUT2D eigenvalue weighted by Crippen LogP contribution is 2.32. The molecule has 4 rings (SSSR count). The number of ketones is 1. The molecule has 4 aromatic rings.